The average molecular weight is 376 g/mol. The Morgan fingerprint density at radius 1 is 1.04 bits per heavy atom. The zero-order valence-electron chi connectivity index (χ0n) is 13.5. The summed E-state index contributed by atoms with van der Waals surface area (Å²) in [6.45, 7) is 0.583. The highest BCUT2D eigenvalue weighted by Gasteiger charge is 2.33. The van der Waals surface area contributed by atoms with Crippen LogP contribution in [0.5, 0.6) is 0 Å². The van der Waals surface area contributed by atoms with Crippen LogP contribution in [0, 0.1) is 0 Å². The zero-order valence-corrected chi connectivity index (χ0v) is 14.3. The third kappa shape index (κ3) is 4.60. The quantitative estimate of drug-likeness (QED) is 0.645. The van der Waals surface area contributed by atoms with Crippen LogP contribution in [0.1, 0.15) is 11.1 Å². The van der Waals surface area contributed by atoms with Gasteiger partial charge >= 0.3 is 6.18 Å². The highest BCUT2D eigenvalue weighted by molar-refractivity contribution is 7.80. The molecule has 1 aromatic heterocycles. The molecule has 8 heteroatoms. The van der Waals surface area contributed by atoms with E-state index >= 15 is 0 Å². The maximum atomic E-state index is 13.0. The van der Waals surface area contributed by atoms with Crippen LogP contribution in [-0.4, -0.2) is 14.9 Å². The summed E-state index contributed by atoms with van der Waals surface area (Å²) in [5.41, 5.74) is 0.801. The molecule has 0 aliphatic carbocycles. The van der Waals surface area contributed by atoms with Gasteiger partial charge in [0.05, 0.1) is 17.8 Å². The van der Waals surface area contributed by atoms with Gasteiger partial charge in [0.25, 0.3) is 0 Å². The largest absolute Gasteiger partial charge is 0.418 e. The van der Waals surface area contributed by atoms with E-state index in [1.807, 2.05) is 30.5 Å². The fraction of sp³-hybridized carbons (Fsp3) is 0.111. The molecule has 4 nitrogen and oxygen atoms in total. The van der Waals surface area contributed by atoms with E-state index in [2.05, 4.69) is 15.7 Å². The lowest BCUT2D eigenvalue weighted by Crippen LogP contribution is -2.21. The minimum atomic E-state index is -4.46. The van der Waals surface area contributed by atoms with Gasteiger partial charge in [-0.05, 0) is 48.1 Å². The molecule has 0 spiro atoms. The SMILES string of the molecule is FC(F)(F)c1ccccc1NC(=S)Nc1cccc(Cn2cccn2)c1. The molecule has 3 aromatic rings. The van der Waals surface area contributed by atoms with Gasteiger partial charge in [-0.1, -0.05) is 24.3 Å². The average Bonchev–Trinajstić information content (AvgIpc) is 3.07. The molecule has 134 valence electrons. The zero-order chi connectivity index (χ0) is 18.6. The number of hydrogen-bond acceptors (Lipinski definition) is 2. The van der Waals surface area contributed by atoms with Crippen molar-refractivity contribution in [3.05, 3.63) is 78.1 Å². The van der Waals surface area contributed by atoms with Gasteiger partial charge in [-0.25, -0.2) is 0 Å². The molecule has 0 bridgehead atoms. The van der Waals surface area contributed by atoms with Crippen molar-refractivity contribution in [1.29, 1.82) is 0 Å². The Kier molecular flexibility index (Phi) is 5.22. The first-order valence-corrected chi connectivity index (χ1v) is 8.13. The normalized spacial score (nSPS) is 11.2. The predicted octanol–water partition coefficient (Wildman–Crippen LogP) is 4.76. The van der Waals surface area contributed by atoms with Crippen LogP contribution in [0.15, 0.2) is 67.0 Å². The van der Waals surface area contributed by atoms with Crippen LogP contribution in [0.25, 0.3) is 0 Å². The summed E-state index contributed by atoms with van der Waals surface area (Å²) in [6.07, 6.45) is -0.914. The number of nitrogens with zero attached hydrogens (tertiary/aromatic N) is 2. The monoisotopic (exact) mass is 376 g/mol. The first kappa shape index (κ1) is 17.9. The third-order valence-electron chi connectivity index (χ3n) is 3.57. The van der Waals surface area contributed by atoms with Gasteiger partial charge in [0.1, 0.15) is 0 Å². The number of anilines is 2. The molecule has 2 N–H and O–H groups in total. The van der Waals surface area contributed by atoms with E-state index in [1.54, 1.807) is 16.9 Å². The molecule has 0 saturated carbocycles. The molecular weight excluding hydrogens is 361 g/mol. The van der Waals surface area contributed by atoms with E-state index in [4.69, 9.17) is 12.2 Å². The lowest BCUT2D eigenvalue weighted by Gasteiger charge is -2.16. The van der Waals surface area contributed by atoms with Gasteiger partial charge < -0.3 is 10.6 Å². The summed E-state index contributed by atoms with van der Waals surface area (Å²) in [5, 5.41) is 9.75. The van der Waals surface area contributed by atoms with E-state index < -0.39 is 11.7 Å². The first-order chi connectivity index (χ1) is 12.4. The smallest absolute Gasteiger partial charge is 0.332 e. The highest BCUT2D eigenvalue weighted by atomic mass is 32.1. The second-order valence-electron chi connectivity index (χ2n) is 5.53. The molecule has 0 atom stereocenters. The number of halogens is 3. The highest BCUT2D eigenvalue weighted by Crippen LogP contribution is 2.34. The van der Waals surface area contributed by atoms with Gasteiger partial charge in [-0.15, -0.1) is 0 Å². The van der Waals surface area contributed by atoms with Crippen molar-refractivity contribution in [2.24, 2.45) is 0 Å². The molecule has 0 saturated heterocycles. The second kappa shape index (κ2) is 7.57. The molecule has 0 radical (unpaired) electrons. The van der Waals surface area contributed by atoms with Gasteiger partial charge in [0.2, 0.25) is 0 Å². The minimum absolute atomic E-state index is 0.0814. The Hall–Kier alpha value is -2.87. The van der Waals surface area contributed by atoms with Crippen molar-refractivity contribution in [3.8, 4) is 0 Å². The van der Waals surface area contributed by atoms with E-state index in [-0.39, 0.29) is 10.8 Å². The molecule has 2 aromatic carbocycles. The second-order valence-corrected chi connectivity index (χ2v) is 5.93. The molecule has 0 aliphatic rings. The van der Waals surface area contributed by atoms with Crippen molar-refractivity contribution in [3.63, 3.8) is 0 Å². The van der Waals surface area contributed by atoms with Gasteiger partial charge in [0, 0.05) is 18.1 Å². The van der Waals surface area contributed by atoms with Crippen molar-refractivity contribution in [1.82, 2.24) is 9.78 Å². The molecular formula is C18H15F3N4S. The van der Waals surface area contributed by atoms with Gasteiger partial charge in [0.15, 0.2) is 5.11 Å². The number of thiocarbonyl (C=S) groups is 1. The van der Waals surface area contributed by atoms with Crippen molar-refractivity contribution in [2.45, 2.75) is 12.7 Å². The third-order valence-corrected chi connectivity index (χ3v) is 3.77. The van der Waals surface area contributed by atoms with Crippen LogP contribution in [-0.2, 0) is 12.7 Å². The fourth-order valence-electron chi connectivity index (χ4n) is 2.45. The topological polar surface area (TPSA) is 41.9 Å². The number of alkyl halides is 3. The fourth-order valence-corrected chi connectivity index (χ4v) is 2.68. The van der Waals surface area contributed by atoms with E-state index in [0.717, 1.165) is 11.6 Å². The number of nitrogens with one attached hydrogen (secondary N) is 2. The molecule has 26 heavy (non-hydrogen) atoms. The van der Waals surface area contributed by atoms with Crippen LogP contribution in [0.3, 0.4) is 0 Å². The number of rotatable bonds is 4. The molecule has 3 rings (SSSR count). The van der Waals surface area contributed by atoms with Crippen LogP contribution in [0.4, 0.5) is 24.5 Å². The maximum absolute atomic E-state index is 13.0. The standard InChI is InChI=1S/C18H15F3N4S/c19-18(20,21)15-7-1-2-8-16(15)24-17(26)23-14-6-3-5-13(11-14)12-25-10-4-9-22-25/h1-11H,12H2,(H2,23,24,26). The lowest BCUT2D eigenvalue weighted by atomic mass is 10.1. The predicted molar refractivity (Wildman–Crippen MR) is 99.1 cm³/mol. The summed E-state index contributed by atoms with van der Waals surface area (Å²) < 4.78 is 40.9. The van der Waals surface area contributed by atoms with Crippen LogP contribution in [0.2, 0.25) is 0 Å². The van der Waals surface area contributed by atoms with E-state index in [0.29, 0.717) is 12.2 Å². The molecule has 0 amide bonds. The molecule has 0 unspecified atom stereocenters. The Balaban J connectivity index is 1.69. The van der Waals surface area contributed by atoms with Crippen LogP contribution < -0.4 is 10.6 Å². The maximum Gasteiger partial charge on any atom is 0.418 e. The Morgan fingerprint density at radius 3 is 2.58 bits per heavy atom. The summed E-state index contributed by atoms with van der Waals surface area (Å²) in [5.74, 6) is 0. The van der Waals surface area contributed by atoms with Crippen LogP contribution >= 0.6 is 12.2 Å². The van der Waals surface area contributed by atoms with E-state index in [9.17, 15) is 13.2 Å². The van der Waals surface area contributed by atoms with Crippen molar-refractivity contribution >= 4 is 28.7 Å². The van der Waals surface area contributed by atoms with E-state index in [1.165, 1.54) is 18.2 Å². The molecule has 1 heterocycles. The summed E-state index contributed by atoms with van der Waals surface area (Å²) >= 11 is 5.15. The lowest BCUT2D eigenvalue weighted by molar-refractivity contribution is -0.136. The Morgan fingerprint density at radius 2 is 1.85 bits per heavy atom. The first-order valence-electron chi connectivity index (χ1n) is 7.72. The van der Waals surface area contributed by atoms with Crippen molar-refractivity contribution < 1.29 is 13.2 Å². The summed E-state index contributed by atoms with van der Waals surface area (Å²) in [6, 6.07) is 14.5. The summed E-state index contributed by atoms with van der Waals surface area (Å²) in [4.78, 5) is 0. The molecule has 0 fully saturated rings. The van der Waals surface area contributed by atoms with Gasteiger partial charge in [-0.2, -0.15) is 18.3 Å². The van der Waals surface area contributed by atoms with Gasteiger partial charge in [-0.3, -0.25) is 4.68 Å². The Labute approximate surface area is 153 Å². The van der Waals surface area contributed by atoms with Crippen molar-refractivity contribution in [2.75, 3.05) is 10.6 Å². The summed E-state index contributed by atoms with van der Waals surface area (Å²) in [7, 11) is 0. The number of para-hydroxylation sites is 1. The molecule has 0 aliphatic heterocycles. The number of benzene rings is 2. The number of hydrogen-bond donors (Lipinski definition) is 2. The minimum Gasteiger partial charge on any atom is -0.332 e. The number of aromatic nitrogens is 2. The Bertz CT molecular complexity index is 891.